The summed E-state index contributed by atoms with van der Waals surface area (Å²) in [6.07, 6.45) is 4.16. The van der Waals surface area contributed by atoms with Crippen molar-refractivity contribution >= 4 is 11.8 Å². The molecule has 2 aliphatic rings. The first-order valence-electron chi connectivity index (χ1n) is 10.6. The summed E-state index contributed by atoms with van der Waals surface area (Å²) < 4.78 is 13.5. The van der Waals surface area contributed by atoms with E-state index in [1.807, 2.05) is 13.8 Å². The zero-order valence-corrected chi connectivity index (χ0v) is 17.4. The van der Waals surface area contributed by atoms with E-state index in [0.717, 1.165) is 42.6 Å². The Bertz CT molecular complexity index is 950. The fraction of sp³-hybridized carbons (Fsp3) is 0.478. The number of nitrogens with zero attached hydrogens (tertiary/aromatic N) is 3. The second-order valence-electron chi connectivity index (χ2n) is 8.35. The minimum Gasteiger partial charge on any atom is -0.353 e. The van der Waals surface area contributed by atoms with Gasteiger partial charge in [0.15, 0.2) is 0 Å². The molecule has 7 heteroatoms. The molecule has 0 bridgehead atoms. The van der Waals surface area contributed by atoms with E-state index in [0.29, 0.717) is 36.9 Å². The van der Waals surface area contributed by atoms with Crippen LogP contribution in [0.5, 0.6) is 0 Å². The Morgan fingerprint density at radius 2 is 1.90 bits per heavy atom. The number of benzene rings is 1. The third-order valence-electron chi connectivity index (χ3n) is 5.86. The molecule has 2 aromatic rings. The highest BCUT2D eigenvalue weighted by Gasteiger charge is 2.29. The Kier molecular flexibility index (Phi) is 5.79. The lowest BCUT2D eigenvalue weighted by molar-refractivity contribution is -0.120. The number of carbonyl (C=O) groups excluding carboxylic acids is 2. The average molecular weight is 410 g/mol. The van der Waals surface area contributed by atoms with E-state index >= 15 is 0 Å². The molecule has 1 aliphatic carbocycles. The number of rotatable bonds is 5. The van der Waals surface area contributed by atoms with Gasteiger partial charge in [0.25, 0.3) is 5.91 Å². The van der Waals surface area contributed by atoms with Gasteiger partial charge in [0.05, 0.1) is 6.42 Å². The number of aromatic nitrogens is 2. The summed E-state index contributed by atoms with van der Waals surface area (Å²) in [4.78, 5) is 36.2. The van der Waals surface area contributed by atoms with E-state index in [9.17, 15) is 14.0 Å². The third kappa shape index (κ3) is 4.66. The quantitative estimate of drug-likeness (QED) is 0.822. The standard InChI is InChI=1S/C23H27FN4O2/c1-14-20(12-21(29)27-19-8-9-19)15(2)26-22(25-14)17-6-4-10-28(13-17)23(30)16-5-3-7-18(24)11-16/h3,5,7,11,17,19H,4,6,8-10,12-13H2,1-2H3,(H,27,29)/t17-/m1/s1. The molecule has 1 aliphatic heterocycles. The summed E-state index contributed by atoms with van der Waals surface area (Å²) in [6, 6.07) is 6.14. The SMILES string of the molecule is Cc1nc([C@@H]2CCCN(C(=O)c3cccc(F)c3)C2)nc(C)c1CC(=O)NC1CC1. The van der Waals surface area contributed by atoms with Gasteiger partial charge in [-0.3, -0.25) is 9.59 Å². The Labute approximate surface area is 175 Å². The molecular formula is C23H27FN4O2. The largest absolute Gasteiger partial charge is 0.353 e. The van der Waals surface area contributed by atoms with Crippen molar-refractivity contribution in [3.63, 3.8) is 0 Å². The normalized spacial score (nSPS) is 18.9. The Morgan fingerprint density at radius 3 is 2.57 bits per heavy atom. The van der Waals surface area contributed by atoms with Crippen LogP contribution in [0.15, 0.2) is 24.3 Å². The number of hydrogen-bond acceptors (Lipinski definition) is 4. The zero-order chi connectivity index (χ0) is 21.3. The maximum absolute atomic E-state index is 13.5. The molecule has 0 unspecified atom stereocenters. The molecular weight excluding hydrogens is 383 g/mol. The van der Waals surface area contributed by atoms with Crippen LogP contribution in [0.25, 0.3) is 0 Å². The van der Waals surface area contributed by atoms with Crippen molar-refractivity contribution in [3.8, 4) is 0 Å². The van der Waals surface area contributed by atoms with Crippen LogP contribution in [-0.2, 0) is 11.2 Å². The number of likely N-dealkylation sites (tertiary alicyclic amines) is 1. The van der Waals surface area contributed by atoms with Crippen molar-refractivity contribution in [2.24, 2.45) is 0 Å². The number of halogens is 1. The molecule has 1 saturated carbocycles. The van der Waals surface area contributed by atoms with Crippen molar-refractivity contribution in [1.82, 2.24) is 20.2 Å². The highest BCUT2D eigenvalue weighted by Crippen LogP contribution is 2.27. The van der Waals surface area contributed by atoms with Gasteiger partial charge in [-0.25, -0.2) is 14.4 Å². The van der Waals surface area contributed by atoms with Crippen LogP contribution in [0.1, 0.15) is 64.7 Å². The van der Waals surface area contributed by atoms with Crippen LogP contribution in [0, 0.1) is 19.7 Å². The molecule has 2 amide bonds. The lowest BCUT2D eigenvalue weighted by atomic mass is 9.95. The lowest BCUT2D eigenvalue weighted by Crippen LogP contribution is -2.39. The Morgan fingerprint density at radius 1 is 1.17 bits per heavy atom. The number of aryl methyl sites for hydroxylation is 2. The molecule has 2 fully saturated rings. The topological polar surface area (TPSA) is 75.2 Å². The summed E-state index contributed by atoms with van der Waals surface area (Å²) >= 11 is 0. The fourth-order valence-electron chi connectivity index (χ4n) is 4.05. The summed E-state index contributed by atoms with van der Waals surface area (Å²) in [6.45, 7) is 4.98. The minimum atomic E-state index is -0.412. The Hall–Kier alpha value is -2.83. The maximum atomic E-state index is 13.5. The van der Waals surface area contributed by atoms with E-state index in [2.05, 4.69) is 5.32 Å². The van der Waals surface area contributed by atoms with Crippen LogP contribution < -0.4 is 5.32 Å². The zero-order valence-electron chi connectivity index (χ0n) is 17.4. The molecule has 2 heterocycles. The van der Waals surface area contributed by atoms with Gasteiger partial charge >= 0.3 is 0 Å². The first kappa shape index (κ1) is 20.4. The van der Waals surface area contributed by atoms with E-state index in [-0.39, 0.29) is 17.7 Å². The molecule has 0 radical (unpaired) electrons. The average Bonchev–Trinajstić information content (AvgIpc) is 3.54. The molecule has 6 nitrogen and oxygen atoms in total. The van der Waals surface area contributed by atoms with Gasteiger partial charge in [-0.15, -0.1) is 0 Å². The number of nitrogens with one attached hydrogen (secondary N) is 1. The number of hydrogen-bond donors (Lipinski definition) is 1. The molecule has 1 atom stereocenters. The summed E-state index contributed by atoms with van der Waals surface area (Å²) in [5.41, 5.74) is 2.87. The van der Waals surface area contributed by atoms with Crippen LogP contribution in [0.3, 0.4) is 0 Å². The van der Waals surface area contributed by atoms with Crippen LogP contribution in [-0.4, -0.2) is 45.8 Å². The number of carbonyl (C=O) groups is 2. The first-order chi connectivity index (χ1) is 14.4. The maximum Gasteiger partial charge on any atom is 0.253 e. The summed E-state index contributed by atoms with van der Waals surface area (Å²) in [5, 5.41) is 3.01. The van der Waals surface area contributed by atoms with Gasteiger partial charge in [0.1, 0.15) is 11.6 Å². The van der Waals surface area contributed by atoms with Crippen molar-refractivity contribution < 1.29 is 14.0 Å². The fourth-order valence-corrected chi connectivity index (χ4v) is 4.05. The second kappa shape index (κ2) is 8.50. The highest BCUT2D eigenvalue weighted by molar-refractivity contribution is 5.94. The van der Waals surface area contributed by atoms with Gasteiger partial charge in [-0.05, 0) is 57.7 Å². The monoisotopic (exact) mass is 410 g/mol. The molecule has 30 heavy (non-hydrogen) atoms. The highest BCUT2D eigenvalue weighted by atomic mass is 19.1. The molecule has 158 valence electrons. The van der Waals surface area contributed by atoms with E-state index in [1.165, 1.54) is 12.1 Å². The smallest absolute Gasteiger partial charge is 0.253 e. The van der Waals surface area contributed by atoms with Crippen LogP contribution in [0.2, 0.25) is 0 Å². The second-order valence-corrected chi connectivity index (χ2v) is 8.35. The van der Waals surface area contributed by atoms with Crippen molar-refractivity contribution in [2.45, 2.75) is 57.9 Å². The number of amides is 2. The summed E-state index contributed by atoms with van der Waals surface area (Å²) in [7, 11) is 0. The van der Waals surface area contributed by atoms with Crippen molar-refractivity contribution in [3.05, 3.63) is 58.4 Å². The minimum absolute atomic E-state index is 0.0181. The lowest BCUT2D eigenvalue weighted by Gasteiger charge is -2.32. The van der Waals surface area contributed by atoms with Gasteiger partial charge in [-0.2, -0.15) is 0 Å². The molecule has 1 N–H and O–H groups in total. The molecule has 4 rings (SSSR count). The predicted octanol–water partition coefficient (Wildman–Crippen LogP) is 3.07. The van der Waals surface area contributed by atoms with Gasteiger partial charge < -0.3 is 10.2 Å². The van der Waals surface area contributed by atoms with Crippen molar-refractivity contribution in [1.29, 1.82) is 0 Å². The van der Waals surface area contributed by atoms with E-state index < -0.39 is 5.82 Å². The Balaban J connectivity index is 1.47. The third-order valence-corrected chi connectivity index (χ3v) is 5.86. The van der Waals surface area contributed by atoms with Gasteiger partial charge in [-0.1, -0.05) is 6.07 Å². The van der Waals surface area contributed by atoms with Crippen molar-refractivity contribution in [2.75, 3.05) is 13.1 Å². The first-order valence-corrected chi connectivity index (χ1v) is 10.6. The molecule has 1 aromatic heterocycles. The molecule has 0 spiro atoms. The number of piperidine rings is 1. The van der Waals surface area contributed by atoms with Gasteiger partial charge in [0.2, 0.25) is 5.91 Å². The molecule has 1 aromatic carbocycles. The van der Waals surface area contributed by atoms with Gasteiger partial charge in [0, 0.05) is 47.6 Å². The van der Waals surface area contributed by atoms with E-state index in [1.54, 1.807) is 17.0 Å². The van der Waals surface area contributed by atoms with E-state index in [4.69, 9.17) is 9.97 Å². The van der Waals surface area contributed by atoms with Crippen LogP contribution in [0.4, 0.5) is 4.39 Å². The summed E-state index contributed by atoms with van der Waals surface area (Å²) in [5.74, 6) is 0.187. The molecule has 1 saturated heterocycles. The van der Waals surface area contributed by atoms with Crippen LogP contribution >= 0.6 is 0 Å². The predicted molar refractivity (Wildman–Crippen MR) is 111 cm³/mol.